The third kappa shape index (κ3) is 3.64. The molecule has 0 bridgehead atoms. The van der Waals surface area contributed by atoms with Crippen molar-refractivity contribution in [3.05, 3.63) is 69.3 Å². The second kappa shape index (κ2) is 6.62. The van der Waals surface area contributed by atoms with Gasteiger partial charge in [0.15, 0.2) is 5.75 Å². The van der Waals surface area contributed by atoms with Crippen LogP contribution in [0.1, 0.15) is 21.5 Å². The van der Waals surface area contributed by atoms with Gasteiger partial charge in [-0.2, -0.15) is 0 Å². The summed E-state index contributed by atoms with van der Waals surface area (Å²) < 4.78 is 5.44. The molecule has 21 heavy (non-hydrogen) atoms. The van der Waals surface area contributed by atoms with Crippen LogP contribution in [-0.2, 0) is 13.2 Å². The molecule has 0 unspecified atom stereocenters. The van der Waals surface area contributed by atoms with Gasteiger partial charge in [0.25, 0.3) is 0 Å². The lowest BCUT2D eigenvalue weighted by Gasteiger charge is -2.07. The van der Waals surface area contributed by atoms with E-state index >= 15 is 0 Å². The predicted molar refractivity (Wildman–Crippen MR) is 75.2 cm³/mol. The van der Waals surface area contributed by atoms with Crippen LogP contribution in [0.3, 0.4) is 0 Å². The first kappa shape index (κ1) is 14.7. The van der Waals surface area contributed by atoms with E-state index in [-0.39, 0.29) is 30.2 Å². The van der Waals surface area contributed by atoms with Crippen LogP contribution in [0.5, 0.6) is 5.75 Å². The molecule has 2 rings (SSSR count). The van der Waals surface area contributed by atoms with E-state index in [0.29, 0.717) is 6.29 Å². The standard InChI is InChI=1S/C15H13NO5/c17-8-11-1-3-12(4-2-11)10-21-15-6-5-13(9-18)7-14(15)16(19)20/h1-7,9,17H,8,10H2. The van der Waals surface area contributed by atoms with E-state index in [1.807, 2.05) is 0 Å². The average molecular weight is 287 g/mol. The molecule has 0 heterocycles. The van der Waals surface area contributed by atoms with Crippen LogP contribution in [0.15, 0.2) is 42.5 Å². The van der Waals surface area contributed by atoms with Crippen molar-refractivity contribution in [1.29, 1.82) is 0 Å². The van der Waals surface area contributed by atoms with Gasteiger partial charge < -0.3 is 9.84 Å². The van der Waals surface area contributed by atoms with Gasteiger partial charge in [0.05, 0.1) is 11.5 Å². The molecule has 0 saturated carbocycles. The number of hydrogen-bond donors (Lipinski definition) is 1. The number of aldehydes is 1. The predicted octanol–water partition coefficient (Wildman–Crippen LogP) is 2.48. The Morgan fingerprint density at radius 1 is 1.14 bits per heavy atom. The Morgan fingerprint density at radius 3 is 2.38 bits per heavy atom. The minimum atomic E-state index is -0.586. The molecule has 1 N–H and O–H groups in total. The Kier molecular flexibility index (Phi) is 4.63. The Bertz CT molecular complexity index is 652. The molecule has 0 fully saturated rings. The van der Waals surface area contributed by atoms with Gasteiger partial charge in [-0.25, -0.2) is 0 Å². The highest BCUT2D eigenvalue weighted by Gasteiger charge is 2.16. The summed E-state index contributed by atoms with van der Waals surface area (Å²) >= 11 is 0. The van der Waals surface area contributed by atoms with Gasteiger partial charge in [0, 0.05) is 11.6 Å². The second-order valence-corrected chi connectivity index (χ2v) is 4.37. The van der Waals surface area contributed by atoms with Crippen molar-refractivity contribution in [2.75, 3.05) is 0 Å². The maximum Gasteiger partial charge on any atom is 0.311 e. The molecule has 0 atom stereocenters. The van der Waals surface area contributed by atoms with Crippen molar-refractivity contribution in [2.24, 2.45) is 0 Å². The zero-order valence-electron chi connectivity index (χ0n) is 11.1. The summed E-state index contributed by atoms with van der Waals surface area (Å²) in [5.74, 6) is 0.108. The van der Waals surface area contributed by atoms with Crippen LogP contribution in [0.2, 0.25) is 0 Å². The van der Waals surface area contributed by atoms with E-state index in [2.05, 4.69) is 0 Å². The van der Waals surface area contributed by atoms with Crippen molar-refractivity contribution in [1.82, 2.24) is 0 Å². The highest BCUT2D eigenvalue weighted by atomic mass is 16.6. The SMILES string of the molecule is O=Cc1ccc(OCc2ccc(CO)cc2)c([N+](=O)[O-])c1. The van der Waals surface area contributed by atoms with Crippen LogP contribution >= 0.6 is 0 Å². The maximum atomic E-state index is 11.0. The molecule has 0 saturated heterocycles. The second-order valence-electron chi connectivity index (χ2n) is 4.37. The van der Waals surface area contributed by atoms with Gasteiger partial charge in [-0.1, -0.05) is 24.3 Å². The lowest BCUT2D eigenvalue weighted by molar-refractivity contribution is -0.386. The van der Waals surface area contributed by atoms with Gasteiger partial charge >= 0.3 is 5.69 Å². The monoisotopic (exact) mass is 287 g/mol. The number of rotatable bonds is 6. The van der Waals surface area contributed by atoms with Gasteiger partial charge in [0.2, 0.25) is 0 Å². The van der Waals surface area contributed by atoms with E-state index in [4.69, 9.17) is 9.84 Å². The van der Waals surface area contributed by atoms with Gasteiger partial charge in [-0.3, -0.25) is 14.9 Å². The van der Waals surface area contributed by atoms with Crippen molar-refractivity contribution in [3.8, 4) is 5.75 Å². The summed E-state index contributed by atoms with van der Waals surface area (Å²) in [5, 5.41) is 19.9. The van der Waals surface area contributed by atoms with Crippen LogP contribution in [-0.4, -0.2) is 16.3 Å². The Labute approximate surface area is 120 Å². The number of nitro groups is 1. The van der Waals surface area contributed by atoms with Crippen molar-refractivity contribution in [3.63, 3.8) is 0 Å². The number of carbonyl (C=O) groups is 1. The minimum Gasteiger partial charge on any atom is -0.482 e. The molecule has 0 aromatic heterocycles. The lowest BCUT2D eigenvalue weighted by Crippen LogP contribution is -2.00. The summed E-state index contributed by atoms with van der Waals surface area (Å²) in [5.41, 5.74) is 1.58. The van der Waals surface area contributed by atoms with Crippen LogP contribution < -0.4 is 4.74 Å². The molecule has 2 aromatic carbocycles. The third-order valence-corrected chi connectivity index (χ3v) is 2.92. The normalized spacial score (nSPS) is 10.1. The first-order valence-electron chi connectivity index (χ1n) is 6.19. The van der Waals surface area contributed by atoms with E-state index in [1.165, 1.54) is 18.2 Å². The molecule has 6 nitrogen and oxygen atoms in total. The van der Waals surface area contributed by atoms with E-state index in [0.717, 1.165) is 11.1 Å². The van der Waals surface area contributed by atoms with E-state index in [1.54, 1.807) is 24.3 Å². The van der Waals surface area contributed by atoms with Gasteiger partial charge in [-0.05, 0) is 23.3 Å². The van der Waals surface area contributed by atoms with Gasteiger partial charge in [-0.15, -0.1) is 0 Å². The molecule has 0 aliphatic heterocycles. The zero-order chi connectivity index (χ0) is 15.2. The third-order valence-electron chi connectivity index (χ3n) is 2.92. The molecule has 6 heteroatoms. The first-order chi connectivity index (χ1) is 10.1. The summed E-state index contributed by atoms with van der Waals surface area (Å²) in [6.45, 7) is 0.118. The largest absolute Gasteiger partial charge is 0.482 e. The number of benzene rings is 2. The average Bonchev–Trinajstić information content (AvgIpc) is 2.53. The minimum absolute atomic E-state index is 0.0419. The smallest absolute Gasteiger partial charge is 0.311 e. The zero-order valence-corrected chi connectivity index (χ0v) is 11.1. The first-order valence-corrected chi connectivity index (χ1v) is 6.19. The number of aliphatic hydroxyl groups excluding tert-OH is 1. The molecule has 0 amide bonds. The number of ether oxygens (including phenoxy) is 1. The molecule has 2 aromatic rings. The van der Waals surface area contributed by atoms with Crippen molar-refractivity contribution < 1.29 is 19.6 Å². The molecule has 0 radical (unpaired) electrons. The quantitative estimate of drug-likeness (QED) is 0.501. The number of nitro benzene ring substituents is 1. The molecule has 0 aliphatic rings. The fraction of sp³-hybridized carbons (Fsp3) is 0.133. The number of nitrogens with zero attached hydrogens (tertiary/aromatic N) is 1. The van der Waals surface area contributed by atoms with Crippen molar-refractivity contribution in [2.45, 2.75) is 13.2 Å². The van der Waals surface area contributed by atoms with Crippen LogP contribution in [0.4, 0.5) is 5.69 Å². The van der Waals surface area contributed by atoms with E-state index < -0.39 is 4.92 Å². The Morgan fingerprint density at radius 2 is 1.81 bits per heavy atom. The molecular weight excluding hydrogens is 274 g/mol. The molecule has 108 valence electrons. The maximum absolute atomic E-state index is 11.0. The number of hydrogen-bond acceptors (Lipinski definition) is 5. The Hall–Kier alpha value is -2.73. The topological polar surface area (TPSA) is 89.7 Å². The number of carbonyl (C=O) groups excluding carboxylic acids is 1. The van der Waals surface area contributed by atoms with Crippen LogP contribution in [0.25, 0.3) is 0 Å². The fourth-order valence-corrected chi connectivity index (χ4v) is 1.77. The highest BCUT2D eigenvalue weighted by Crippen LogP contribution is 2.28. The van der Waals surface area contributed by atoms with E-state index in [9.17, 15) is 14.9 Å². The van der Waals surface area contributed by atoms with Crippen LogP contribution in [0, 0.1) is 10.1 Å². The summed E-state index contributed by atoms with van der Waals surface area (Å²) in [7, 11) is 0. The highest BCUT2D eigenvalue weighted by molar-refractivity contribution is 5.77. The fourth-order valence-electron chi connectivity index (χ4n) is 1.77. The van der Waals surface area contributed by atoms with Crippen molar-refractivity contribution >= 4 is 12.0 Å². The molecule has 0 aliphatic carbocycles. The van der Waals surface area contributed by atoms with Gasteiger partial charge in [0.1, 0.15) is 12.9 Å². The summed E-state index contributed by atoms with van der Waals surface area (Å²) in [6.07, 6.45) is 0.546. The molecule has 0 spiro atoms. The lowest BCUT2D eigenvalue weighted by atomic mass is 10.1. The molecular formula is C15H13NO5. The Balaban J connectivity index is 2.15. The number of aliphatic hydroxyl groups is 1. The summed E-state index contributed by atoms with van der Waals surface area (Å²) in [6, 6.07) is 11.1. The summed E-state index contributed by atoms with van der Waals surface area (Å²) in [4.78, 5) is 21.0.